The molecule has 1 amide bonds. The molecule has 1 atom stereocenters. The van der Waals surface area contributed by atoms with Crippen molar-refractivity contribution in [1.82, 2.24) is 24.9 Å². The molecule has 118 valence electrons. The van der Waals surface area contributed by atoms with Crippen molar-refractivity contribution in [3.8, 4) is 0 Å². The third-order valence-electron chi connectivity index (χ3n) is 3.35. The highest BCUT2D eigenvalue weighted by Gasteiger charge is 2.18. The van der Waals surface area contributed by atoms with Gasteiger partial charge in [-0.05, 0) is 26.3 Å². The molecule has 0 radical (unpaired) electrons. The van der Waals surface area contributed by atoms with Gasteiger partial charge in [0.25, 0.3) is 0 Å². The monoisotopic (exact) mass is 306 g/mol. The number of nitrogens with zero attached hydrogens (tertiary/aromatic N) is 5. The number of nitrogens with one attached hydrogen (secondary N) is 1. The molecule has 0 spiro atoms. The van der Waals surface area contributed by atoms with Gasteiger partial charge in [-0.25, -0.2) is 0 Å². The van der Waals surface area contributed by atoms with Crippen LogP contribution in [0.15, 0.2) is 24.7 Å². The Bertz CT molecular complexity index is 662. The van der Waals surface area contributed by atoms with Gasteiger partial charge in [0, 0.05) is 25.0 Å². The molecule has 1 N–H and O–H groups in total. The van der Waals surface area contributed by atoms with Gasteiger partial charge in [0.1, 0.15) is 18.4 Å². The van der Waals surface area contributed by atoms with Crippen LogP contribution in [0.3, 0.4) is 0 Å². The van der Waals surface area contributed by atoms with E-state index in [1.807, 2.05) is 17.7 Å². The first kappa shape index (κ1) is 15.7. The van der Waals surface area contributed by atoms with Gasteiger partial charge in [-0.1, -0.05) is 0 Å². The molecule has 2 heterocycles. The van der Waals surface area contributed by atoms with Crippen LogP contribution in [0.25, 0.3) is 0 Å². The van der Waals surface area contributed by atoms with Crippen molar-refractivity contribution in [2.45, 2.75) is 32.9 Å². The highest BCUT2D eigenvalue weighted by atomic mass is 16.6. The molecule has 0 aromatic carbocycles. The summed E-state index contributed by atoms with van der Waals surface area (Å²) in [5.74, 6) is -0.227. The lowest BCUT2D eigenvalue weighted by atomic mass is 10.3. The molecular formula is C13H18N6O3. The molecule has 9 nitrogen and oxygen atoms in total. The normalized spacial score (nSPS) is 12.1. The zero-order chi connectivity index (χ0) is 16.1. The number of carbonyl (C=O) groups is 1. The predicted octanol–water partition coefficient (Wildman–Crippen LogP) is 1.06. The minimum atomic E-state index is -0.597. The highest BCUT2D eigenvalue weighted by molar-refractivity contribution is 5.79. The van der Waals surface area contributed by atoms with E-state index in [1.54, 1.807) is 13.1 Å². The standard InChI is InChI=1S/C13H18N6O3/c1-10-4-6-15-17(10)7-3-5-14-13(20)11(2)18-9-12(8-16-18)19(21)22/h4,6,8-9,11H,3,5,7H2,1-2H3,(H,14,20). The fourth-order valence-corrected chi connectivity index (χ4v) is 1.98. The van der Waals surface area contributed by atoms with Gasteiger partial charge < -0.3 is 5.32 Å². The van der Waals surface area contributed by atoms with Gasteiger partial charge in [0.15, 0.2) is 0 Å². The van der Waals surface area contributed by atoms with E-state index in [-0.39, 0.29) is 11.6 Å². The highest BCUT2D eigenvalue weighted by Crippen LogP contribution is 2.12. The van der Waals surface area contributed by atoms with Crippen LogP contribution < -0.4 is 5.32 Å². The first-order valence-corrected chi connectivity index (χ1v) is 6.93. The fraction of sp³-hybridized carbons (Fsp3) is 0.462. The second-order valence-electron chi connectivity index (χ2n) is 4.95. The minimum Gasteiger partial charge on any atom is -0.354 e. The molecule has 0 bridgehead atoms. The molecular weight excluding hydrogens is 288 g/mol. The number of rotatable bonds is 7. The van der Waals surface area contributed by atoms with Crippen molar-refractivity contribution in [3.05, 3.63) is 40.5 Å². The average Bonchev–Trinajstić information content (AvgIpc) is 3.12. The molecule has 2 aromatic heterocycles. The van der Waals surface area contributed by atoms with E-state index < -0.39 is 11.0 Å². The Kier molecular flexibility index (Phi) is 4.87. The van der Waals surface area contributed by atoms with Gasteiger partial charge in [0.2, 0.25) is 5.91 Å². The van der Waals surface area contributed by atoms with E-state index in [1.165, 1.54) is 10.9 Å². The Morgan fingerprint density at radius 2 is 2.27 bits per heavy atom. The second kappa shape index (κ2) is 6.83. The number of amides is 1. The van der Waals surface area contributed by atoms with Crippen LogP contribution in [-0.4, -0.2) is 36.9 Å². The Morgan fingerprint density at radius 3 is 2.86 bits per heavy atom. The van der Waals surface area contributed by atoms with E-state index in [4.69, 9.17) is 0 Å². The first-order valence-electron chi connectivity index (χ1n) is 6.93. The molecule has 0 aliphatic rings. The summed E-state index contributed by atoms with van der Waals surface area (Å²) in [5, 5.41) is 21.4. The summed E-state index contributed by atoms with van der Waals surface area (Å²) in [5.41, 5.74) is 0.942. The van der Waals surface area contributed by atoms with Crippen LogP contribution in [0, 0.1) is 17.0 Å². The predicted molar refractivity (Wildman–Crippen MR) is 78.2 cm³/mol. The number of hydrogen-bond donors (Lipinski definition) is 1. The Morgan fingerprint density at radius 1 is 1.50 bits per heavy atom. The average molecular weight is 306 g/mol. The lowest BCUT2D eigenvalue weighted by molar-refractivity contribution is -0.385. The van der Waals surface area contributed by atoms with E-state index in [2.05, 4.69) is 15.5 Å². The van der Waals surface area contributed by atoms with E-state index in [9.17, 15) is 14.9 Å². The summed E-state index contributed by atoms with van der Waals surface area (Å²) in [7, 11) is 0. The van der Waals surface area contributed by atoms with Crippen LogP contribution in [-0.2, 0) is 11.3 Å². The molecule has 9 heteroatoms. The smallest absolute Gasteiger partial charge is 0.307 e. The Labute approximate surface area is 127 Å². The third-order valence-corrected chi connectivity index (χ3v) is 3.35. The maximum atomic E-state index is 12.0. The molecule has 1 unspecified atom stereocenters. The Hall–Kier alpha value is -2.71. The van der Waals surface area contributed by atoms with E-state index in [0.29, 0.717) is 6.54 Å². The minimum absolute atomic E-state index is 0.131. The van der Waals surface area contributed by atoms with E-state index in [0.717, 1.165) is 24.9 Å². The lowest BCUT2D eigenvalue weighted by Crippen LogP contribution is -2.32. The number of aromatic nitrogens is 4. The quantitative estimate of drug-likeness (QED) is 0.467. The summed E-state index contributed by atoms with van der Waals surface area (Å²) in [6.07, 6.45) is 4.86. The number of aryl methyl sites for hydroxylation is 2. The zero-order valence-corrected chi connectivity index (χ0v) is 12.5. The summed E-state index contributed by atoms with van der Waals surface area (Å²) >= 11 is 0. The fourth-order valence-electron chi connectivity index (χ4n) is 1.98. The first-order chi connectivity index (χ1) is 10.5. The SMILES string of the molecule is Cc1ccnn1CCCNC(=O)C(C)n1cc([N+](=O)[O-])cn1. The third kappa shape index (κ3) is 3.68. The molecule has 0 aliphatic heterocycles. The largest absolute Gasteiger partial charge is 0.354 e. The zero-order valence-electron chi connectivity index (χ0n) is 12.5. The van der Waals surface area contributed by atoms with E-state index >= 15 is 0 Å². The molecule has 0 aliphatic carbocycles. The van der Waals surface area contributed by atoms with Crippen molar-refractivity contribution < 1.29 is 9.72 Å². The molecule has 22 heavy (non-hydrogen) atoms. The maximum absolute atomic E-state index is 12.0. The second-order valence-corrected chi connectivity index (χ2v) is 4.95. The number of nitro groups is 1. The van der Waals surface area contributed by atoms with Crippen LogP contribution in [0.5, 0.6) is 0 Å². The van der Waals surface area contributed by atoms with Crippen molar-refractivity contribution in [2.75, 3.05) is 6.54 Å². The van der Waals surface area contributed by atoms with Crippen molar-refractivity contribution >= 4 is 11.6 Å². The molecule has 0 saturated carbocycles. The van der Waals surface area contributed by atoms with Crippen LogP contribution in [0.2, 0.25) is 0 Å². The van der Waals surface area contributed by atoms with Crippen LogP contribution in [0.1, 0.15) is 25.1 Å². The van der Waals surface area contributed by atoms with Crippen LogP contribution >= 0.6 is 0 Å². The van der Waals surface area contributed by atoms with Gasteiger partial charge in [-0.15, -0.1) is 0 Å². The van der Waals surface area contributed by atoms with Crippen molar-refractivity contribution in [1.29, 1.82) is 0 Å². The summed E-state index contributed by atoms with van der Waals surface area (Å²) < 4.78 is 3.15. The number of carbonyl (C=O) groups excluding carboxylic acids is 1. The molecule has 2 aromatic rings. The van der Waals surface area contributed by atoms with Crippen LogP contribution in [0.4, 0.5) is 5.69 Å². The summed E-state index contributed by atoms with van der Waals surface area (Å²) in [6.45, 7) is 4.84. The molecule has 0 saturated heterocycles. The van der Waals surface area contributed by atoms with Gasteiger partial charge in [-0.3, -0.25) is 24.3 Å². The molecule has 2 rings (SSSR count). The lowest BCUT2D eigenvalue weighted by Gasteiger charge is -2.12. The maximum Gasteiger partial charge on any atom is 0.307 e. The summed E-state index contributed by atoms with van der Waals surface area (Å²) in [4.78, 5) is 22.0. The number of hydrogen-bond acceptors (Lipinski definition) is 5. The van der Waals surface area contributed by atoms with Gasteiger partial charge >= 0.3 is 5.69 Å². The van der Waals surface area contributed by atoms with Crippen molar-refractivity contribution in [3.63, 3.8) is 0 Å². The van der Waals surface area contributed by atoms with Gasteiger partial charge in [-0.2, -0.15) is 10.2 Å². The Balaban J connectivity index is 1.78. The molecule has 0 fully saturated rings. The van der Waals surface area contributed by atoms with Gasteiger partial charge in [0.05, 0.1) is 4.92 Å². The van der Waals surface area contributed by atoms with Crippen molar-refractivity contribution in [2.24, 2.45) is 0 Å². The summed E-state index contributed by atoms with van der Waals surface area (Å²) in [6, 6.07) is 1.32. The topological polar surface area (TPSA) is 108 Å².